The first-order chi connectivity index (χ1) is 6.18. The number of rotatable bonds is 3. The average molecular weight is 194 g/mol. The smallest absolute Gasteiger partial charge is 0.0384 e. The standard InChI is InChI=1S/C11H12ClN/c1-9(12)8-10(2)13-11-6-4-3-5-7-11/h3-8,13H,2H2,1H3/b9-8+. The molecule has 0 saturated carbocycles. The summed E-state index contributed by atoms with van der Waals surface area (Å²) in [5.41, 5.74) is 1.81. The van der Waals surface area contributed by atoms with Gasteiger partial charge in [0, 0.05) is 16.4 Å². The molecule has 13 heavy (non-hydrogen) atoms. The zero-order valence-corrected chi connectivity index (χ0v) is 8.31. The van der Waals surface area contributed by atoms with E-state index in [0.29, 0.717) is 5.03 Å². The summed E-state index contributed by atoms with van der Waals surface area (Å²) in [4.78, 5) is 0. The van der Waals surface area contributed by atoms with Gasteiger partial charge < -0.3 is 5.32 Å². The van der Waals surface area contributed by atoms with Crippen molar-refractivity contribution in [3.05, 3.63) is 53.7 Å². The van der Waals surface area contributed by atoms with Crippen LogP contribution in [-0.4, -0.2) is 0 Å². The third-order valence-electron chi connectivity index (χ3n) is 1.45. The van der Waals surface area contributed by atoms with E-state index in [1.807, 2.05) is 37.3 Å². The molecule has 0 aromatic heterocycles. The predicted octanol–water partition coefficient (Wildman–Crippen LogP) is 3.75. The Morgan fingerprint density at radius 1 is 1.38 bits per heavy atom. The van der Waals surface area contributed by atoms with Gasteiger partial charge in [-0.15, -0.1) is 0 Å². The van der Waals surface area contributed by atoms with E-state index in [1.54, 1.807) is 6.08 Å². The highest BCUT2D eigenvalue weighted by Crippen LogP contribution is 2.10. The van der Waals surface area contributed by atoms with Crippen LogP contribution in [0.5, 0.6) is 0 Å². The Morgan fingerprint density at radius 2 is 2.00 bits per heavy atom. The van der Waals surface area contributed by atoms with E-state index in [9.17, 15) is 0 Å². The van der Waals surface area contributed by atoms with E-state index in [4.69, 9.17) is 11.6 Å². The van der Waals surface area contributed by atoms with Gasteiger partial charge in [0.2, 0.25) is 0 Å². The van der Waals surface area contributed by atoms with Gasteiger partial charge in [-0.3, -0.25) is 0 Å². The maximum absolute atomic E-state index is 5.70. The second-order valence-corrected chi connectivity index (χ2v) is 3.34. The molecule has 2 heteroatoms. The van der Waals surface area contributed by atoms with Crippen molar-refractivity contribution in [2.45, 2.75) is 6.92 Å². The number of benzene rings is 1. The molecule has 0 unspecified atom stereocenters. The molecule has 1 N–H and O–H groups in total. The van der Waals surface area contributed by atoms with Gasteiger partial charge in [-0.25, -0.2) is 0 Å². The molecule has 0 atom stereocenters. The van der Waals surface area contributed by atoms with Gasteiger partial charge in [0.1, 0.15) is 0 Å². The monoisotopic (exact) mass is 193 g/mol. The zero-order valence-electron chi connectivity index (χ0n) is 7.55. The van der Waals surface area contributed by atoms with Gasteiger partial charge >= 0.3 is 0 Å². The molecule has 0 spiro atoms. The van der Waals surface area contributed by atoms with Gasteiger partial charge in [-0.1, -0.05) is 36.4 Å². The van der Waals surface area contributed by atoms with E-state index < -0.39 is 0 Å². The van der Waals surface area contributed by atoms with Crippen LogP contribution in [0.15, 0.2) is 53.7 Å². The minimum atomic E-state index is 0.716. The van der Waals surface area contributed by atoms with Crippen LogP contribution in [0.3, 0.4) is 0 Å². The lowest BCUT2D eigenvalue weighted by Crippen LogP contribution is -1.94. The van der Waals surface area contributed by atoms with Crippen molar-refractivity contribution in [1.82, 2.24) is 0 Å². The van der Waals surface area contributed by atoms with Crippen molar-refractivity contribution in [3.63, 3.8) is 0 Å². The lowest BCUT2D eigenvalue weighted by atomic mass is 10.3. The third kappa shape index (κ3) is 3.81. The van der Waals surface area contributed by atoms with Gasteiger partial charge in [-0.05, 0) is 25.1 Å². The van der Waals surface area contributed by atoms with Crippen LogP contribution in [-0.2, 0) is 0 Å². The van der Waals surface area contributed by atoms with Crippen molar-refractivity contribution in [3.8, 4) is 0 Å². The van der Waals surface area contributed by atoms with Crippen molar-refractivity contribution in [2.75, 3.05) is 5.32 Å². The molecule has 1 aromatic rings. The van der Waals surface area contributed by atoms with Gasteiger partial charge in [0.15, 0.2) is 0 Å². The SMILES string of the molecule is C=C(/C=C(\C)Cl)Nc1ccccc1. The first-order valence-electron chi connectivity index (χ1n) is 4.03. The quantitative estimate of drug-likeness (QED) is 0.721. The summed E-state index contributed by atoms with van der Waals surface area (Å²) < 4.78 is 0. The Hall–Kier alpha value is -1.21. The molecular weight excluding hydrogens is 182 g/mol. The number of anilines is 1. The Kier molecular flexibility index (Phi) is 3.59. The highest BCUT2D eigenvalue weighted by molar-refractivity contribution is 6.29. The highest BCUT2D eigenvalue weighted by Gasteiger charge is 1.90. The molecule has 1 rings (SSSR count). The molecule has 0 saturated heterocycles. The van der Waals surface area contributed by atoms with Crippen molar-refractivity contribution < 1.29 is 0 Å². The maximum atomic E-state index is 5.70. The zero-order chi connectivity index (χ0) is 9.68. The van der Waals surface area contributed by atoms with Crippen LogP contribution in [0.1, 0.15) is 6.92 Å². The van der Waals surface area contributed by atoms with E-state index in [1.165, 1.54) is 0 Å². The summed E-state index contributed by atoms with van der Waals surface area (Å²) in [7, 11) is 0. The number of halogens is 1. The second kappa shape index (κ2) is 4.73. The largest absolute Gasteiger partial charge is 0.356 e. The van der Waals surface area contributed by atoms with Crippen molar-refractivity contribution in [2.24, 2.45) is 0 Å². The summed E-state index contributed by atoms with van der Waals surface area (Å²) in [6.07, 6.45) is 1.79. The van der Waals surface area contributed by atoms with E-state index >= 15 is 0 Å². The fourth-order valence-corrected chi connectivity index (χ4v) is 1.11. The molecule has 0 heterocycles. The lowest BCUT2D eigenvalue weighted by molar-refractivity contribution is 1.47. The minimum Gasteiger partial charge on any atom is -0.356 e. The van der Waals surface area contributed by atoms with Gasteiger partial charge in [-0.2, -0.15) is 0 Å². The van der Waals surface area contributed by atoms with Crippen LogP contribution in [0.25, 0.3) is 0 Å². The molecular formula is C11H12ClN. The molecule has 68 valence electrons. The topological polar surface area (TPSA) is 12.0 Å². The third-order valence-corrected chi connectivity index (χ3v) is 1.56. The van der Waals surface area contributed by atoms with Crippen molar-refractivity contribution in [1.29, 1.82) is 0 Å². The summed E-state index contributed by atoms with van der Waals surface area (Å²) in [6, 6.07) is 9.85. The lowest BCUT2D eigenvalue weighted by Gasteiger charge is -2.04. The van der Waals surface area contributed by atoms with E-state index in [0.717, 1.165) is 11.4 Å². The molecule has 0 amide bonds. The summed E-state index contributed by atoms with van der Waals surface area (Å²) >= 11 is 5.70. The number of hydrogen-bond acceptors (Lipinski definition) is 1. The average Bonchev–Trinajstić information content (AvgIpc) is 2.04. The van der Waals surface area contributed by atoms with Crippen molar-refractivity contribution >= 4 is 17.3 Å². The highest BCUT2D eigenvalue weighted by atomic mass is 35.5. The van der Waals surface area contributed by atoms with Crippen LogP contribution in [0, 0.1) is 0 Å². The normalized spacial score (nSPS) is 11.1. The Labute approximate surface area is 83.7 Å². The number of para-hydroxylation sites is 1. The summed E-state index contributed by atoms with van der Waals surface area (Å²) in [5.74, 6) is 0. The predicted molar refractivity (Wildman–Crippen MR) is 58.8 cm³/mol. The number of nitrogens with one attached hydrogen (secondary N) is 1. The molecule has 0 fully saturated rings. The Morgan fingerprint density at radius 3 is 2.54 bits per heavy atom. The fraction of sp³-hybridized carbons (Fsp3) is 0.0909. The van der Waals surface area contributed by atoms with Gasteiger partial charge in [0.25, 0.3) is 0 Å². The van der Waals surface area contributed by atoms with E-state index in [2.05, 4.69) is 11.9 Å². The summed E-state index contributed by atoms with van der Waals surface area (Å²) in [5, 5.41) is 3.83. The van der Waals surface area contributed by atoms with E-state index in [-0.39, 0.29) is 0 Å². The molecule has 1 aromatic carbocycles. The number of hydrogen-bond donors (Lipinski definition) is 1. The molecule has 0 aliphatic carbocycles. The maximum Gasteiger partial charge on any atom is 0.0384 e. The second-order valence-electron chi connectivity index (χ2n) is 2.75. The summed E-state index contributed by atoms with van der Waals surface area (Å²) in [6.45, 7) is 5.64. The molecule has 0 radical (unpaired) electrons. The number of allylic oxidation sites excluding steroid dienone is 2. The molecule has 0 aliphatic rings. The Bertz CT molecular complexity index is 310. The first kappa shape index (κ1) is 9.87. The fourth-order valence-electron chi connectivity index (χ4n) is 0.983. The Balaban J connectivity index is 2.61. The molecule has 1 nitrogen and oxygen atoms in total. The van der Waals surface area contributed by atoms with Crippen LogP contribution in [0.2, 0.25) is 0 Å². The van der Waals surface area contributed by atoms with Crippen LogP contribution in [0.4, 0.5) is 5.69 Å². The first-order valence-corrected chi connectivity index (χ1v) is 4.41. The minimum absolute atomic E-state index is 0.716. The van der Waals surface area contributed by atoms with Crippen LogP contribution >= 0.6 is 11.6 Å². The van der Waals surface area contributed by atoms with Crippen LogP contribution < -0.4 is 5.32 Å². The molecule has 0 bridgehead atoms. The molecule has 0 aliphatic heterocycles. The van der Waals surface area contributed by atoms with Gasteiger partial charge in [0.05, 0.1) is 0 Å².